The van der Waals surface area contributed by atoms with Crippen LogP contribution in [-0.4, -0.2) is 30.3 Å². The summed E-state index contributed by atoms with van der Waals surface area (Å²) in [6.45, 7) is 5.20. The van der Waals surface area contributed by atoms with Crippen molar-refractivity contribution in [3.05, 3.63) is 88.9 Å². The van der Waals surface area contributed by atoms with Gasteiger partial charge in [0.15, 0.2) is 11.5 Å². The van der Waals surface area contributed by atoms with Gasteiger partial charge in [0.25, 0.3) is 5.91 Å². The average molecular weight is 502 g/mol. The van der Waals surface area contributed by atoms with Gasteiger partial charge in [-0.05, 0) is 61.4 Å². The molecule has 0 aliphatic heterocycles. The Balaban J connectivity index is 1.55. The van der Waals surface area contributed by atoms with Gasteiger partial charge in [-0.3, -0.25) is 4.79 Å². The minimum atomic E-state index is -0.329. The van der Waals surface area contributed by atoms with Crippen molar-refractivity contribution in [2.75, 3.05) is 13.2 Å². The average Bonchev–Trinajstić information content (AvgIpc) is 2.90. The molecule has 0 bridgehead atoms. The van der Waals surface area contributed by atoms with Crippen molar-refractivity contribution in [1.29, 1.82) is 0 Å². The van der Waals surface area contributed by atoms with Gasteiger partial charge in [0, 0.05) is 16.0 Å². The van der Waals surface area contributed by atoms with Gasteiger partial charge in [-0.2, -0.15) is 5.10 Å². The summed E-state index contributed by atoms with van der Waals surface area (Å²) in [6.07, 6.45) is 3.62. The lowest BCUT2D eigenvalue weighted by atomic mass is 10.0. The lowest BCUT2D eigenvalue weighted by Gasteiger charge is -2.12. The Hall–Kier alpha value is -3.90. The summed E-state index contributed by atoms with van der Waals surface area (Å²) in [4.78, 5) is 17.9. The summed E-state index contributed by atoms with van der Waals surface area (Å²) < 4.78 is 11.6. The molecule has 4 rings (SSSR count). The topological polar surface area (TPSA) is 72.8 Å². The number of rotatable bonds is 10. The van der Waals surface area contributed by atoms with Gasteiger partial charge in [0.05, 0.1) is 36.2 Å². The second kappa shape index (κ2) is 12.2. The Labute approximate surface area is 215 Å². The molecule has 4 aromatic rings. The van der Waals surface area contributed by atoms with Crippen LogP contribution in [0.2, 0.25) is 5.02 Å². The predicted molar refractivity (Wildman–Crippen MR) is 145 cm³/mol. The van der Waals surface area contributed by atoms with Gasteiger partial charge in [-0.25, -0.2) is 10.4 Å². The fourth-order valence-corrected chi connectivity index (χ4v) is 3.80. The number of ether oxygens (including phenoxy) is 2. The Kier molecular flexibility index (Phi) is 8.53. The molecule has 1 N–H and O–H groups in total. The van der Waals surface area contributed by atoms with E-state index in [2.05, 4.69) is 17.5 Å². The third kappa shape index (κ3) is 6.20. The lowest BCUT2D eigenvalue weighted by molar-refractivity contribution is 0.0956. The van der Waals surface area contributed by atoms with E-state index in [0.29, 0.717) is 41.0 Å². The number of pyridine rings is 1. The van der Waals surface area contributed by atoms with E-state index in [1.54, 1.807) is 24.4 Å². The summed E-state index contributed by atoms with van der Waals surface area (Å²) in [7, 11) is 0. The van der Waals surface area contributed by atoms with Gasteiger partial charge in [0.1, 0.15) is 0 Å². The van der Waals surface area contributed by atoms with E-state index < -0.39 is 0 Å². The monoisotopic (exact) mass is 501 g/mol. The van der Waals surface area contributed by atoms with Crippen molar-refractivity contribution in [3.63, 3.8) is 0 Å². The number of amides is 1. The second-order valence-corrected chi connectivity index (χ2v) is 8.56. The quantitative estimate of drug-likeness (QED) is 0.146. The maximum Gasteiger partial charge on any atom is 0.272 e. The summed E-state index contributed by atoms with van der Waals surface area (Å²) in [5.41, 5.74) is 6.18. The van der Waals surface area contributed by atoms with Crippen molar-refractivity contribution in [3.8, 4) is 22.8 Å². The smallest absolute Gasteiger partial charge is 0.272 e. The van der Waals surface area contributed by atoms with Gasteiger partial charge < -0.3 is 9.47 Å². The van der Waals surface area contributed by atoms with Gasteiger partial charge in [-0.15, -0.1) is 0 Å². The minimum absolute atomic E-state index is 0.329. The molecule has 3 aromatic carbocycles. The molecule has 0 saturated heterocycles. The van der Waals surface area contributed by atoms with Crippen LogP contribution in [0.15, 0.2) is 77.9 Å². The van der Waals surface area contributed by atoms with E-state index in [1.807, 2.05) is 61.5 Å². The number of hydrogen-bond acceptors (Lipinski definition) is 5. The minimum Gasteiger partial charge on any atom is -0.490 e. The highest BCUT2D eigenvalue weighted by molar-refractivity contribution is 6.30. The molecular formula is C29H28ClN3O3. The molecule has 184 valence electrons. The number of benzene rings is 3. The van der Waals surface area contributed by atoms with E-state index in [4.69, 9.17) is 26.1 Å². The first-order valence-electron chi connectivity index (χ1n) is 12.0. The van der Waals surface area contributed by atoms with E-state index in [0.717, 1.165) is 34.9 Å². The van der Waals surface area contributed by atoms with Gasteiger partial charge >= 0.3 is 0 Å². The molecule has 0 aliphatic carbocycles. The van der Waals surface area contributed by atoms with Crippen molar-refractivity contribution < 1.29 is 14.3 Å². The SMILES string of the molecule is CCCCOc1ccc(/C=N\NC(=O)c2cc(-c3ccc(Cl)cc3)nc3ccccc23)cc1OCC. The molecule has 36 heavy (non-hydrogen) atoms. The zero-order chi connectivity index (χ0) is 25.3. The van der Waals surface area contributed by atoms with Crippen LogP contribution in [0.25, 0.3) is 22.2 Å². The normalized spacial score (nSPS) is 11.1. The number of hydrazone groups is 1. The predicted octanol–water partition coefficient (Wildman–Crippen LogP) is 6.90. The number of unbranched alkanes of at least 4 members (excludes halogenated alkanes) is 1. The largest absolute Gasteiger partial charge is 0.490 e. The number of fused-ring (bicyclic) bond motifs is 1. The second-order valence-electron chi connectivity index (χ2n) is 8.12. The van der Waals surface area contributed by atoms with Crippen LogP contribution in [0, 0.1) is 0 Å². The van der Waals surface area contributed by atoms with Crippen LogP contribution in [0.1, 0.15) is 42.6 Å². The fraction of sp³-hybridized carbons (Fsp3) is 0.207. The summed E-state index contributed by atoms with van der Waals surface area (Å²) in [5, 5.41) is 5.57. The molecule has 1 amide bonds. The molecule has 0 fully saturated rings. The summed E-state index contributed by atoms with van der Waals surface area (Å²) in [5.74, 6) is 1.02. The van der Waals surface area contributed by atoms with Crippen molar-refractivity contribution in [1.82, 2.24) is 10.4 Å². The summed E-state index contributed by atoms with van der Waals surface area (Å²) >= 11 is 6.03. The van der Waals surface area contributed by atoms with Crippen molar-refractivity contribution >= 4 is 34.6 Å². The van der Waals surface area contributed by atoms with Gasteiger partial charge in [-0.1, -0.05) is 55.3 Å². The van der Waals surface area contributed by atoms with E-state index in [-0.39, 0.29) is 5.91 Å². The Morgan fingerprint density at radius 3 is 2.58 bits per heavy atom. The highest BCUT2D eigenvalue weighted by Gasteiger charge is 2.14. The maximum atomic E-state index is 13.1. The van der Waals surface area contributed by atoms with Gasteiger partial charge in [0.2, 0.25) is 0 Å². The Morgan fingerprint density at radius 2 is 1.81 bits per heavy atom. The number of carbonyl (C=O) groups is 1. The molecule has 0 saturated carbocycles. The number of halogens is 1. The molecule has 7 heteroatoms. The van der Waals surface area contributed by atoms with Crippen LogP contribution < -0.4 is 14.9 Å². The van der Waals surface area contributed by atoms with Crippen LogP contribution in [-0.2, 0) is 0 Å². The molecular weight excluding hydrogens is 474 g/mol. The van der Waals surface area contributed by atoms with Crippen LogP contribution in [0.5, 0.6) is 11.5 Å². The van der Waals surface area contributed by atoms with Crippen LogP contribution >= 0.6 is 11.6 Å². The number of nitrogens with zero attached hydrogens (tertiary/aromatic N) is 2. The molecule has 0 unspecified atom stereocenters. The number of aromatic nitrogens is 1. The number of para-hydroxylation sites is 1. The molecule has 1 heterocycles. The Bertz CT molecular complexity index is 1370. The third-order valence-electron chi connectivity index (χ3n) is 5.50. The number of hydrogen-bond donors (Lipinski definition) is 1. The molecule has 0 aliphatic rings. The third-order valence-corrected chi connectivity index (χ3v) is 5.76. The highest BCUT2D eigenvalue weighted by atomic mass is 35.5. The van der Waals surface area contributed by atoms with E-state index >= 15 is 0 Å². The molecule has 0 radical (unpaired) electrons. The van der Waals surface area contributed by atoms with Crippen molar-refractivity contribution in [2.45, 2.75) is 26.7 Å². The molecule has 6 nitrogen and oxygen atoms in total. The maximum absolute atomic E-state index is 13.1. The zero-order valence-corrected chi connectivity index (χ0v) is 21.1. The Morgan fingerprint density at radius 1 is 1.00 bits per heavy atom. The van der Waals surface area contributed by atoms with Crippen LogP contribution in [0.3, 0.4) is 0 Å². The molecule has 1 aromatic heterocycles. The first kappa shape index (κ1) is 25.2. The molecule has 0 atom stereocenters. The van der Waals surface area contributed by atoms with E-state index in [9.17, 15) is 4.79 Å². The lowest BCUT2D eigenvalue weighted by Crippen LogP contribution is -2.18. The van der Waals surface area contributed by atoms with Crippen molar-refractivity contribution in [2.24, 2.45) is 5.10 Å². The number of nitrogens with one attached hydrogen (secondary N) is 1. The summed E-state index contributed by atoms with van der Waals surface area (Å²) in [6, 6.07) is 22.2. The molecule has 0 spiro atoms. The fourth-order valence-electron chi connectivity index (χ4n) is 3.68. The van der Waals surface area contributed by atoms with Crippen LogP contribution in [0.4, 0.5) is 0 Å². The van der Waals surface area contributed by atoms with E-state index in [1.165, 1.54) is 0 Å². The first-order chi connectivity index (χ1) is 17.6. The number of carbonyl (C=O) groups excluding carboxylic acids is 1. The standard InChI is InChI=1S/C29H28ClN3O3/c1-3-5-16-36-27-15-10-20(17-28(27)35-4-2)19-31-33-29(34)24-18-26(21-11-13-22(30)14-12-21)32-25-9-7-6-8-23(24)25/h6-15,17-19H,3-5,16H2,1-2H3,(H,33,34)/b31-19-. The zero-order valence-electron chi connectivity index (χ0n) is 20.3. The highest BCUT2D eigenvalue weighted by Crippen LogP contribution is 2.29. The first-order valence-corrected chi connectivity index (χ1v) is 12.4.